The first kappa shape index (κ1) is 16.3. The van der Waals surface area contributed by atoms with E-state index in [4.69, 9.17) is 11.6 Å². The zero-order chi connectivity index (χ0) is 15.9. The molecule has 1 aromatic heterocycles. The van der Waals surface area contributed by atoms with Crippen LogP contribution in [0.3, 0.4) is 0 Å². The van der Waals surface area contributed by atoms with Crippen molar-refractivity contribution in [2.45, 2.75) is 19.8 Å². The second-order valence-electron chi connectivity index (χ2n) is 5.14. The van der Waals surface area contributed by atoms with Gasteiger partial charge in [0.1, 0.15) is 5.69 Å². The zero-order valence-electron chi connectivity index (χ0n) is 12.8. The molecular weight excluding hydrogens is 298 g/mol. The number of rotatable bonds is 6. The van der Waals surface area contributed by atoms with Crippen LogP contribution in [0.5, 0.6) is 0 Å². The highest BCUT2D eigenvalue weighted by Crippen LogP contribution is 2.17. The summed E-state index contributed by atoms with van der Waals surface area (Å²) in [5.41, 5.74) is 2.08. The molecule has 116 valence electrons. The first-order valence-electron chi connectivity index (χ1n) is 7.34. The second-order valence-corrected chi connectivity index (χ2v) is 5.57. The van der Waals surface area contributed by atoms with E-state index in [9.17, 15) is 4.79 Å². The van der Waals surface area contributed by atoms with E-state index in [2.05, 4.69) is 22.1 Å². The van der Waals surface area contributed by atoms with Gasteiger partial charge in [-0.05, 0) is 42.8 Å². The van der Waals surface area contributed by atoms with Gasteiger partial charge >= 0.3 is 0 Å². The molecule has 4 nitrogen and oxygen atoms in total. The van der Waals surface area contributed by atoms with Crippen molar-refractivity contribution < 1.29 is 4.79 Å². The summed E-state index contributed by atoms with van der Waals surface area (Å²) >= 11 is 5.83. The molecule has 0 unspecified atom stereocenters. The molecule has 0 spiro atoms. The van der Waals surface area contributed by atoms with Crippen molar-refractivity contribution in [2.24, 2.45) is 0 Å². The van der Waals surface area contributed by atoms with Gasteiger partial charge in [0.15, 0.2) is 0 Å². The van der Waals surface area contributed by atoms with Crippen molar-refractivity contribution in [1.29, 1.82) is 0 Å². The first-order valence-corrected chi connectivity index (χ1v) is 7.72. The van der Waals surface area contributed by atoms with Gasteiger partial charge in [-0.1, -0.05) is 24.9 Å². The van der Waals surface area contributed by atoms with E-state index in [1.165, 1.54) is 0 Å². The summed E-state index contributed by atoms with van der Waals surface area (Å²) in [7, 11) is 2.02. The molecule has 0 bridgehead atoms. The van der Waals surface area contributed by atoms with Crippen molar-refractivity contribution in [1.82, 2.24) is 4.98 Å². The molecule has 1 amide bonds. The summed E-state index contributed by atoms with van der Waals surface area (Å²) < 4.78 is 0. The lowest BCUT2D eigenvalue weighted by atomic mass is 10.2. The molecule has 0 saturated carbocycles. The average Bonchev–Trinajstić information content (AvgIpc) is 2.54. The topological polar surface area (TPSA) is 45.2 Å². The maximum Gasteiger partial charge on any atom is 0.274 e. The Kier molecular flexibility index (Phi) is 5.78. The van der Waals surface area contributed by atoms with Crippen LogP contribution >= 0.6 is 11.6 Å². The third-order valence-corrected chi connectivity index (χ3v) is 3.62. The molecule has 1 N–H and O–H groups in total. The minimum absolute atomic E-state index is 0.229. The second kappa shape index (κ2) is 7.80. The van der Waals surface area contributed by atoms with Gasteiger partial charge in [0.2, 0.25) is 0 Å². The Morgan fingerprint density at radius 1 is 1.27 bits per heavy atom. The number of halogens is 1. The van der Waals surface area contributed by atoms with E-state index in [0.717, 1.165) is 25.1 Å². The number of hydrogen-bond donors (Lipinski definition) is 1. The maximum atomic E-state index is 12.3. The van der Waals surface area contributed by atoms with Gasteiger partial charge < -0.3 is 10.2 Å². The van der Waals surface area contributed by atoms with Crippen molar-refractivity contribution >= 4 is 28.9 Å². The van der Waals surface area contributed by atoms with Gasteiger partial charge in [0.05, 0.1) is 0 Å². The van der Waals surface area contributed by atoms with Crippen LogP contribution in [0.4, 0.5) is 11.4 Å². The minimum Gasteiger partial charge on any atom is -0.374 e. The van der Waals surface area contributed by atoms with Gasteiger partial charge in [-0.3, -0.25) is 9.78 Å². The van der Waals surface area contributed by atoms with E-state index in [1.54, 1.807) is 36.5 Å². The summed E-state index contributed by atoms with van der Waals surface area (Å²) in [6, 6.07) is 10.7. The standard InChI is InChI=1S/C17H20ClN3O/c1-3-4-11-21(2)15-9-10-19-16(12-15)17(22)20-14-7-5-13(18)6-8-14/h5-10,12H,3-4,11H2,1-2H3,(H,20,22). The molecule has 0 aliphatic carbocycles. The van der Waals surface area contributed by atoms with Crippen LogP contribution in [0.15, 0.2) is 42.6 Å². The third kappa shape index (κ3) is 4.46. The highest BCUT2D eigenvalue weighted by atomic mass is 35.5. The molecule has 2 aromatic rings. The molecule has 0 aliphatic heterocycles. The fourth-order valence-electron chi connectivity index (χ4n) is 2.03. The molecule has 2 rings (SSSR count). The highest BCUT2D eigenvalue weighted by Gasteiger charge is 2.10. The molecule has 0 saturated heterocycles. The van der Waals surface area contributed by atoms with E-state index in [-0.39, 0.29) is 5.91 Å². The normalized spacial score (nSPS) is 10.3. The Morgan fingerprint density at radius 2 is 2.00 bits per heavy atom. The number of nitrogens with zero attached hydrogens (tertiary/aromatic N) is 2. The number of amides is 1. The van der Waals surface area contributed by atoms with Crippen molar-refractivity contribution in [3.05, 3.63) is 53.3 Å². The van der Waals surface area contributed by atoms with Crippen LogP contribution in [0.1, 0.15) is 30.3 Å². The predicted molar refractivity (Wildman–Crippen MR) is 91.8 cm³/mol. The Morgan fingerprint density at radius 3 is 2.68 bits per heavy atom. The third-order valence-electron chi connectivity index (χ3n) is 3.37. The molecular formula is C17H20ClN3O. The van der Waals surface area contributed by atoms with Crippen molar-refractivity contribution in [2.75, 3.05) is 23.8 Å². The van der Waals surface area contributed by atoms with E-state index in [1.807, 2.05) is 13.1 Å². The number of aromatic nitrogens is 1. The number of carbonyl (C=O) groups excluding carboxylic acids is 1. The highest BCUT2D eigenvalue weighted by molar-refractivity contribution is 6.30. The number of unbranched alkanes of at least 4 members (excludes halogenated alkanes) is 1. The molecule has 22 heavy (non-hydrogen) atoms. The fraction of sp³-hybridized carbons (Fsp3) is 0.294. The number of pyridine rings is 1. The van der Waals surface area contributed by atoms with E-state index >= 15 is 0 Å². The van der Waals surface area contributed by atoms with E-state index < -0.39 is 0 Å². The Hall–Kier alpha value is -2.07. The van der Waals surface area contributed by atoms with Crippen molar-refractivity contribution in [3.8, 4) is 0 Å². The summed E-state index contributed by atoms with van der Waals surface area (Å²) in [5.74, 6) is -0.229. The SMILES string of the molecule is CCCCN(C)c1ccnc(C(=O)Nc2ccc(Cl)cc2)c1. The predicted octanol–water partition coefficient (Wildman–Crippen LogP) is 4.22. The van der Waals surface area contributed by atoms with Crippen molar-refractivity contribution in [3.63, 3.8) is 0 Å². The zero-order valence-corrected chi connectivity index (χ0v) is 13.6. The number of hydrogen-bond acceptors (Lipinski definition) is 3. The quantitative estimate of drug-likeness (QED) is 0.867. The van der Waals surface area contributed by atoms with Crippen LogP contribution in [0.2, 0.25) is 5.02 Å². The van der Waals surface area contributed by atoms with Crippen LogP contribution in [0, 0.1) is 0 Å². The van der Waals surface area contributed by atoms with Gasteiger partial charge in [-0.15, -0.1) is 0 Å². The van der Waals surface area contributed by atoms with Crippen LogP contribution in [0.25, 0.3) is 0 Å². The molecule has 0 atom stereocenters. The number of nitrogens with one attached hydrogen (secondary N) is 1. The van der Waals surface area contributed by atoms with Crippen LogP contribution < -0.4 is 10.2 Å². The molecule has 0 aliphatic rings. The van der Waals surface area contributed by atoms with Crippen LogP contribution in [-0.2, 0) is 0 Å². The Labute approximate surface area is 136 Å². The monoisotopic (exact) mass is 317 g/mol. The molecule has 0 radical (unpaired) electrons. The molecule has 1 aromatic carbocycles. The van der Waals surface area contributed by atoms with Gasteiger partial charge in [-0.25, -0.2) is 0 Å². The number of carbonyl (C=O) groups is 1. The maximum absolute atomic E-state index is 12.3. The number of anilines is 2. The molecule has 1 heterocycles. The smallest absolute Gasteiger partial charge is 0.274 e. The summed E-state index contributed by atoms with van der Waals surface area (Å²) in [6.07, 6.45) is 3.92. The lowest BCUT2D eigenvalue weighted by Gasteiger charge is -2.19. The van der Waals surface area contributed by atoms with Gasteiger partial charge in [0, 0.05) is 36.2 Å². The Bertz CT molecular complexity index is 628. The molecule has 5 heteroatoms. The summed E-state index contributed by atoms with van der Waals surface area (Å²) in [5, 5.41) is 3.45. The summed E-state index contributed by atoms with van der Waals surface area (Å²) in [6.45, 7) is 3.12. The van der Waals surface area contributed by atoms with Gasteiger partial charge in [0.25, 0.3) is 5.91 Å². The van der Waals surface area contributed by atoms with Gasteiger partial charge in [-0.2, -0.15) is 0 Å². The summed E-state index contributed by atoms with van der Waals surface area (Å²) in [4.78, 5) is 18.5. The van der Waals surface area contributed by atoms with E-state index in [0.29, 0.717) is 16.4 Å². The first-order chi connectivity index (χ1) is 10.6. The lowest BCUT2D eigenvalue weighted by Crippen LogP contribution is -2.20. The Balaban J connectivity index is 2.08. The fourth-order valence-corrected chi connectivity index (χ4v) is 2.16. The van der Waals surface area contributed by atoms with Crippen LogP contribution in [-0.4, -0.2) is 24.5 Å². The largest absolute Gasteiger partial charge is 0.374 e. The average molecular weight is 318 g/mol. The molecule has 0 fully saturated rings. The lowest BCUT2D eigenvalue weighted by molar-refractivity contribution is 0.102. The number of benzene rings is 1. The minimum atomic E-state index is -0.229.